The van der Waals surface area contributed by atoms with Crippen molar-refractivity contribution in [1.82, 2.24) is 30.7 Å². The first kappa shape index (κ1) is 40.4. The van der Waals surface area contributed by atoms with Crippen LogP contribution < -0.4 is 16.0 Å². The fourth-order valence-electron chi connectivity index (χ4n) is 7.83. The molecule has 1 aromatic carbocycles. The number of esters is 1. The normalized spacial score (nSPS) is 27.6. The van der Waals surface area contributed by atoms with Crippen molar-refractivity contribution in [3.05, 3.63) is 47.8 Å². The number of unbranched alkanes of at least 4 members (excludes halogenated alkanes) is 2. The molecule has 1 aromatic rings. The van der Waals surface area contributed by atoms with Crippen LogP contribution >= 0.6 is 0 Å². The number of rotatable bonds is 9. The summed E-state index contributed by atoms with van der Waals surface area (Å²) in [5, 5.41) is 8.16. The van der Waals surface area contributed by atoms with Crippen LogP contribution in [0.4, 0.5) is 4.39 Å². The van der Waals surface area contributed by atoms with E-state index in [-0.39, 0.29) is 19.5 Å². The highest BCUT2D eigenvalue weighted by Crippen LogP contribution is 2.27. The van der Waals surface area contributed by atoms with Crippen LogP contribution in [-0.2, 0) is 44.7 Å². The van der Waals surface area contributed by atoms with Gasteiger partial charge in [0.05, 0.1) is 0 Å². The minimum absolute atomic E-state index is 0.117. The maximum absolute atomic E-state index is 14.6. The first-order valence-corrected chi connectivity index (χ1v) is 19.3. The molecule has 0 bridgehead atoms. The Morgan fingerprint density at radius 2 is 1.57 bits per heavy atom. The monoisotopic (exact) mass is 752 g/mol. The van der Waals surface area contributed by atoms with Crippen LogP contribution in [0.15, 0.2) is 36.4 Å². The molecule has 15 heteroatoms. The number of hydrogen-bond donors (Lipinski definition) is 3. The van der Waals surface area contributed by atoms with Gasteiger partial charge < -0.3 is 35.4 Å². The molecule has 54 heavy (non-hydrogen) atoms. The van der Waals surface area contributed by atoms with Crippen molar-refractivity contribution >= 4 is 41.4 Å². The highest BCUT2D eigenvalue weighted by atomic mass is 19.1. The molecule has 4 aliphatic rings. The molecule has 7 atom stereocenters. The summed E-state index contributed by atoms with van der Waals surface area (Å²) in [7, 11) is 0. The maximum atomic E-state index is 14.6. The molecule has 5 rings (SSSR count). The largest absolute Gasteiger partial charge is 0.458 e. The van der Waals surface area contributed by atoms with Gasteiger partial charge in [0.25, 0.3) is 0 Å². The van der Waals surface area contributed by atoms with Crippen molar-refractivity contribution in [1.29, 1.82) is 0 Å². The second-order valence-electron chi connectivity index (χ2n) is 14.7. The van der Waals surface area contributed by atoms with Crippen molar-refractivity contribution in [2.24, 2.45) is 0 Å². The minimum Gasteiger partial charge on any atom is -0.458 e. The van der Waals surface area contributed by atoms with Gasteiger partial charge in [0, 0.05) is 26.1 Å². The van der Waals surface area contributed by atoms with Crippen molar-refractivity contribution in [3.8, 4) is 0 Å². The Morgan fingerprint density at radius 3 is 2.30 bits per heavy atom. The molecule has 4 saturated heterocycles. The number of benzene rings is 1. The lowest BCUT2D eigenvalue weighted by Gasteiger charge is -2.39. The number of nitrogens with zero attached hydrogens (tertiary/aromatic N) is 3. The quantitative estimate of drug-likeness (QED) is 0.195. The summed E-state index contributed by atoms with van der Waals surface area (Å²) < 4.78 is 20.1. The molecule has 0 radical (unpaired) electrons. The number of allylic oxidation sites excluding steroid dienone is 1. The summed E-state index contributed by atoms with van der Waals surface area (Å²) in [6.07, 6.45) is 7.46. The SMILES string of the molecule is CCCCC=CC(=O)NC(Cc1cccc(F)c1)C(=O)NC1C(=O)N2CCCC2C(=O)N2CCCCC2C(=O)NC(C)C(=O)N2CCCC2C(=O)OC1C. The van der Waals surface area contributed by atoms with E-state index < -0.39 is 89.6 Å². The predicted octanol–water partition coefficient (Wildman–Crippen LogP) is 1.90. The maximum Gasteiger partial charge on any atom is 0.329 e. The van der Waals surface area contributed by atoms with Gasteiger partial charge in [-0.1, -0.05) is 38.0 Å². The molecule has 4 fully saturated rings. The molecule has 0 aromatic heterocycles. The number of halogens is 1. The molecule has 4 heterocycles. The number of piperidine rings is 1. The van der Waals surface area contributed by atoms with Gasteiger partial charge >= 0.3 is 5.97 Å². The number of carbonyl (C=O) groups excluding carboxylic acids is 7. The van der Waals surface area contributed by atoms with E-state index in [4.69, 9.17) is 4.74 Å². The Kier molecular flexibility index (Phi) is 13.8. The number of ether oxygens (including phenoxy) is 1. The molecular formula is C39H53FN6O8. The van der Waals surface area contributed by atoms with Crippen LogP contribution in [0.25, 0.3) is 0 Å². The van der Waals surface area contributed by atoms with Crippen LogP contribution in [0.1, 0.15) is 90.5 Å². The number of amides is 6. The van der Waals surface area contributed by atoms with Crippen molar-refractivity contribution < 1.29 is 42.7 Å². The summed E-state index contributed by atoms with van der Waals surface area (Å²) in [5.74, 6) is -4.68. The fraction of sp³-hybridized carbons (Fsp3) is 0.615. The summed E-state index contributed by atoms with van der Waals surface area (Å²) >= 11 is 0. The van der Waals surface area contributed by atoms with Crippen molar-refractivity contribution in [2.45, 2.75) is 134 Å². The molecule has 0 aliphatic carbocycles. The van der Waals surface area contributed by atoms with E-state index >= 15 is 0 Å². The molecule has 0 saturated carbocycles. The predicted molar refractivity (Wildman–Crippen MR) is 195 cm³/mol. The zero-order valence-corrected chi connectivity index (χ0v) is 31.4. The average molecular weight is 753 g/mol. The molecular weight excluding hydrogens is 699 g/mol. The van der Waals surface area contributed by atoms with E-state index in [0.717, 1.165) is 12.8 Å². The topological polar surface area (TPSA) is 175 Å². The molecule has 3 N–H and O–H groups in total. The van der Waals surface area contributed by atoms with Gasteiger partial charge in [-0.3, -0.25) is 28.8 Å². The number of hydrogen-bond acceptors (Lipinski definition) is 8. The van der Waals surface area contributed by atoms with Gasteiger partial charge in [-0.15, -0.1) is 0 Å². The van der Waals surface area contributed by atoms with Crippen molar-refractivity contribution in [2.75, 3.05) is 19.6 Å². The summed E-state index contributed by atoms with van der Waals surface area (Å²) in [5.41, 5.74) is 0.416. The van der Waals surface area contributed by atoms with Gasteiger partial charge in [0.15, 0.2) is 0 Å². The van der Waals surface area contributed by atoms with E-state index in [1.165, 1.54) is 45.9 Å². The molecule has 4 aliphatic heterocycles. The van der Waals surface area contributed by atoms with E-state index in [1.807, 2.05) is 6.92 Å². The number of fused-ring (bicyclic) bond motifs is 3. The summed E-state index contributed by atoms with van der Waals surface area (Å²) in [4.78, 5) is 101. The van der Waals surface area contributed by atoms with Crippen LogP contribution in [0, 0.1) is 5.82 Å². The van der Waals surface area contributed by atoms with Gasteiger partial charge in [-0.25, -0.2) is 9.18 Å². The van der Waals surface area contributed by atoms with E-state index in [1.54, 1.807) is 19.1 Å². The third-order valence-corrected chi connectivity index (χ3v) is 10.7. The number of cyclic esters (lactones) is 1. The zero-order valence-electron chi connectivity index (χ0n) is 31.4. The lowest BCUT2D eigenvalue weighted by molar-refractivity contribution is -0.163. The van der Waals surface area contributed by atoms with Crippen LogP contribution in [0.2, 0.25) is 0 Å². The number of nitrogens with one attached hydrogen (secondary N) is 3. The second kappa shape index (κ2) is 18.5. The summed E-state index contributed by atoms with van der Waals surface area (Å²) in [6, 6.07) is -0.910. The minimum atomic E-state index is -1.50. The fourth-order valence-corrected chi connectivity index (χ4v) is 7.83. The third kappa shape index (κ3) is 9.64. The molecule has 14 nitrogen and oxygen atoms in total. The Balaban J connectivity index is 1.48. The van der Waals surface area contributed by atoms with E-state index in [0.29, 0.717) is 63.5 Å². The Hall–Kier alpha value is -4.82. The lowest BCUT2D eigenvalue weighted by Crippen LogP contribution is -2.63. The molecule has 7 unspecified atom stereocenters. The number of carbonyl (C=O) groups is 7. The Morgan fingerprint density at radius 1 is 0.907 bits per heavy atom. The zero-order chi connectivity index (χ0) is 38.9. The van der Waals surface area contributed by atoms with E-state index in [9.17, 15) is 38.0 Å². The molecule has 0 spiro atoms. The van der Waals surface area contributed by atoms with Gasteiger partial charge in [0.1, 0.15) is 48.2 Å². The first-order chi connectivity index (χ1) is 25.9. The van der Waals surface area contributed by atoms with Gasteiger partial charge in [0.2, 0.25) is 35.4 Å². The molecule has 294 valence electrons. The van der Waals surface area contributed by atoms with Crippen LogP contribution in [0.5, 0.6) is 0 Å². The van der Waals surface area contributed by atoms with Gasteiger partial charge in [-0.2, -0.15) is 0 Å². The highest BCUT2D eigenvalue weighted by molar-refractivity contribution is 5.98. The van der Waals surface area contributed by atoms with Gasteiger partial charge in [-0.05, 0) is 89.0 Å². The van der Waals surface area contributed by atoms with Crippen LogP contribution in [0.3, 0.4) is 0 Å². The Bertz CT molecular complexity index is 1620. The standard InChI is InChI=1S/C39H53FN6O8/c1-4-5-6-7-18-32(47)42-28(23-26-13-10-14-27(40)22-26)34(48)43-33-25(3)54-39(53)31-17-12-21-46(31)36(50)24(2)41-35(49)29-15-8-9-19-44(29)37(51)30-16-11-20-45(30)38(33)52/h7,10,13-14,18,22,24-25,28-31,33H,4-6,8-9,11-12,15-17,19-21,23H2,1-3H3,(H,41,49)(H,42,47)(H,43,48). The second-order valence-corrected chi connectivity index (χ2v) is 14.7. The Labute approximate surface area is 315 Å². The highest BCUT2D eigenvalue weighted by Gasteiger charge is 2.46. The smallest absolute Gasteiger partial charge is 0.329 e. The van der Waals surface area contributed by atoms with Crippen molar-refractivity contribution in [3.63, 3.8) is 0 Å². The van der Waals surface area contributed by atoms with Crippen LogP contribution in [-0.4, -0.2) is 118 Å². The third-order valence-electron chi connectivity index (χ3n) is 10.7. The molecule has 6 amide bonds. The first-order valence-electron chi connectivity index (χ1n) is 19.3. The lowest BCUT2D eigenvalue weighted by atomic mass is 9.99. The summed E-state index contributed by atoms with van der Waals surface area (Å²) in [6.45, 7) is 5.76. The van der Waals surface area contributed by atoms with E-state index in [2.05, 4.69) is 16.0 Å². The average Bonchev–Trinajstić information content (AvgIpc) is 3.85.